The van der Waals surface area contributed by atoms with Gasteiger partial charge in [0.05, 0.1) is 28.9 Å². The number of oxazole rings is 1. The van der Waals surface area contributed by atoms with Crippen LogP contribution >= 0.6 is 0 Å². The standard InChI is InChI=1S/C43H45N5O7.2FH/c49-37-15-12-32(33-13-16-40(51)45-41(33)37)38(50)25-44-24-28-10-14-34-39(23-28)55-43(54)47(34)19-5-4-6-27-9-11-31(29-7-2-1-3-8-29)35(22-27)48(42(52)53)36-26-46-20-17-30(36)18-21-46;;/h1-3,7-16,22-23,30,36,38,44,49-50H,4-6,17-21,24-26H2,(H,45,51)(H,52,53);2*1H/t36?,38-;;/m0../s1. The molecule has 14 heteroatoms. The van der Waals surface area contributed by atoms with Gasteiger partial charge in [-0.2, -0.15) is 0 Å². The van der Waals surface area contributed by atoms with Crippen molar-refractivity contribution >= 4 is 33.8 Å². The molecule has 9 rings (SSSR count). The molecule has 3 aliphatic heterocycles. The number of phenols is 1. The normalized spacial score (nSPS) is 17.9. The lowest BCUT2D eigenvalue weighted by Crippen LogP contribution is -2.59. The molecule has 3 fully saturated rings. The van der Waals surface area contributed by atoms with Crippen molar-refractivity contribution in [2.45, 2.75) is 57.3 Å². The first-order chi connectivity index (χ1) is 26.7. The van der Waals surface area contributed by atoms with E-state index in [2.05, 4.69) is 33.4 Å². The summed E-state index contributed by atoms with van der Waals surface area (Å²) in [7, 11) is 0. The Hall–Kier alpha value is -5.83. The molecule has 2 bridgehead atoms. The maximum Gasteiger partial charge on any atom is 0.419 e. The monoisotopic (exact) mass is 783 g/mol. The molecule has 1 unspecified atom stereocenters. The number of H-pyrrole nitrogens is 1. The number of rotatable bonds is 13. The van der Waals surface area contributed by atoms with Crippen LogP contribution in [0.15, 0.2) is 105 Å². The molecule has 3 saturated heterocycles. The summed E-state index contributed by atoms with van der Waals surface area (Å²) in [6, 6.07) is 27.7. The molecule has 300 valence electrons. The Morgan fingerprint density at radius 2 is 1.70 bits per heavy atom. The second-order valence-electron chi connectivity index (χ2n) is 14.8. The number of aromatic amines is 1. The summed E-state index contributed by atoms with van der Waals surface area (Å²) in [4.78, 5) is 44.3. The van der Waals surface area contributed by atoms with E-state index in [-0.39, 0.29) is 38.8 Å². The summed E-state index contributed by atoms with van der Waals surface area (Å²) >= 11 is 0. The number of pyridine rings is 1. The second-order valence-corrected chi connectivity index (χ2v) is 14.8. The average Bonchev–Trinajstić information content (AvgIpc) is 3.51. The van der Waals surface area contributed by atoms with Crippen LogP contribution in [0, 0.1) is 5.92 Å². The molecule has 1 amide bonds. The van der Waals surface area contributed by atoms with Gasteiger partial charge in [-0.3, -0.25) is 23.7 Å². The Balaban J connectivity index is 0.00000275. The number of carboxylic acid groups (broad SMARTS) is 1. The van der Waals surface area contributed by atoms with Crippen LogP contribution in [-0.2, 0) is 19.5 Å². The van der Waals surface area contributed by atoms with Gasteiger partial charge in [0.15, 0.2) is 5.58 Å². The molecule has 0 spiro atoms. The number of anilines is 1. The summed E-state index contributed by atoms with van der Waals surface area (Å²) in [5.74, 6) is -0.133. The van der Waals surface area contributed by atoms with Crippen molar-refractivity contribution in [1.29, 1.82) is 0 Å². The van der Waals surface area contributed by atoms with E-state index in [0.29, 0.717) is 41.1 Å². The number of nitrogens with one attached hydrogen (secondary N) is 2. The summed E-state index contributed by atoms with van der Waals surface area (Å²) in [6.45, 7) is 3.94. The zero-order chi connectivity index (χ0) is 38.1. The number of aliphatic hydroxyl groups excluding tert-OH is 1. The number of halogens is 2. The van der Waals surface area contributed by atoms with E-state index in [0.717, 1.165) is 79.7 Å². The van der Waals surface area contributed by atoms with Crippen LogP contribution in [0.3, 0.4) is 0 Å². The number of amides is 1. The zero-order valence-corrected chi connectivity index (χ0v) is 31.3. The number of benzene rings is 4. The lowest BCUT2D eigenvalue weighted by molar-refractivity contribution is 0.0837. The number of phenolic OH excluding ortho intramolecular Hbond substituents is 1. The minimum absolute atomic E-state index is 0. The van der Waals surface area contributed by atoms with E-state index in [1.165, 1.54) is 12.1 Å². The lowest BCUT2D eigenvalue weighted by Gasteiger charge is -2.48. The molecular formula is C43H47F2N5O7. The van der Waals surface area contributed by atoms with Gasteiger partial charge in [-0.05, 0) is 104 Å². The predicted molar refractivity (Wildman–Crippen MR) is 217 cm³/mol. The Bertz CT molecular complexity index is 2460. The fourth-order valence-corrected chi connectivity index (χ4v) is 8.49. The number of aromatic hydroxyl groups is 1. The van der Waals surface area contributed by atoms with E-state index in [4.69, 9.17) is 4.42 Å². The average molecular weight is 784 g/mol. The molecule has 0 saturated carbocycles. The largest absolute Gasteiger partial charge is 0.506 e. The molecular weight excluding hydrogens is 736 g/mol. The van der Waals surface area contributed by atoms with Gasteiger partial charge in [0, 0.05) is 43.2 Å². The quantitative estimate of drug-likeness (QED) is 0.0819. The fraction of sp³-hybridized carbons (Fsp3) is 0.326. The number of hydrogen-bond donors (Lipinski definition) is 5. The lowest BCUT2D eigenvalue weighted by atomic mass is 9.82. The van der Waals surface area contributed by atoms with Gasteiger partial charge in [-0.1, -0.05) is 54.6 Å². The van der Waals surface area contributed by atoms with Crippen LogP contribution < -0.4 is 21.5 Å². The van der Waals surface area contributed by atoms with Crippen molar-refractivity contribution in [3.8, 4) is 16.9 Å². The molecule has 0 radical (unpaired) electrons. The van der Waals surface area contributed by atoms with E-state index in [1.54, 1.807) is 21.6 Å². The van der Waals surface area contributed by atoms with Gasteiger partial charge in [0.2, 0.25) is 5.56 Å². The number of piperidine rings is 3. The van der Waals surface area contributed by atoms with Crippen molar-refractivity contribution in [2.24, 2.45) is 5.92 Å². The van der Waals surface area contributed by atoms with Crippen LogP contribution in [0.25, 0.3) is 33.1 Å². The topological polar surface area (TPSA) is 164 Å². The zero-order valence-electron chi connectivity index (χ0n) is 31.3. The van der Waals surface area contributed by atoms with Crippen LogP contribution in [-0.4, -0.2) is 68.1 Å². The van der Waals surface area contributed by atoms with Gasteiger partial charge in [-0.25, -0.2) is 9.59 Å². The molecule has 5 N–H and O–H groups in total. The number of carbonyl (C=O) groups is 1. The van der Waals surface area contributed by atoms with Gasteiger partial charge >= 0.3 is 11.8 Å². The number of fused-ring (bicyclic) bond motifs is 5. The van der Waals surface area contributed by atoms with Crippen LogP contribution in [0.2, 0.25) is 0 Å². The number of hydrogen-bond acceptors (Lipinski definition) is 8. The summed E-state index contributed by atoms with van der Waals surface area (Å²) in [6.07, 6.45) is 2.49. The van der Waals surface area contributed by atoms with E-state index < -0.39 is 18.0 Å². The Labute approximate surface area is 326 Å². The first-order valence-electron chi connectivity index (χ1n) is 19.0. The van der Waals surface area contributed by atoms with Gasteiger partial charge in [0.25, 0.3) is 0 Å². The second kappa shape index (κ2) is 17.5. The molecule has 6 aromatic rings. The van der Waals surface area contributed by atoms with Crippen molar-refractivity contribution in [3.63, 3.8) is 0 Å². The van der Waals surface area contributed by atoms with Crippen LogP contribution in [0.5, 0.6) is 5.75 Å². The van der Waals surface area contributed by atoms with Crippen molar-refractivity contribution in [2.75, 3.05) is 31.1 Å². The van der Waals surface area contributed by atoms with Gasteiger partial charge in [0.1, 0.15) is 5.75 Å². The van der Waals surface area contributed by atoms with Crippen LogP contribution in [0.1, 0.15) is 48.5 Å². The molecule has 12 nitrogen and oxygen atoms in total. The Morgan fingerprint density at radius 1 is 0.930 bits per heavy atom. The molecule has 0 aliphatic carbocycles. The van der Waals surface area contributed by atoms with Crippen molar-refractivity contribution in [3.05, 3.63) is 129 Å². The Kier molecular flexibility index (Phi) is 12.6. The maximum absolute atomic E-state index is 12.9. The minimum atomic E-state index is -0.918. The molecule has 57 heavy (non-hydrogen) atoms. The fourth-order valence-electron chi connectivity index (χ4n) is 8.49. The first-order valence-corrected chi connectivity index (χ1v) is 19.0. The molecule has 2 aromatic heterocycles. The maximum atomic E-state index is 12.9. The highest BCUT2D eigenvalue weighted by Gasteiger charge is 2.41. The number of unbranched alkanes of at least 4 members (excludes halogenated alkanes) is 1. The van der Waals surface area contributed by atoms with E-state index >= 15 is 0 Å². The van der Waals surface area contributed by atoms with Crippen molar-refractivity contribution in [1.82, 2.24) is 19.8 Å². The highest BCUT2D eigenvalue weighted by atomic mass is 19.0. The molecule has 3 aliphatic rings. The van der Waals surface area contributed by atoms with E-state index in [9.17, 15) is 29.7 Å². The van der Waals surface area contributed by atoms with Crippen molar-refractivity contribution < 1.29 is 33.9 Å². The van der Waals surface area contributed by atoms with Crippen LogP contribution in [0.4, 0.5) is 19.9 Å². The number of aliphatic hydroxyl groups is 1. The number of nitrogens with zero attached hydrogens (tertiary/aromatic N) is 3. The Morgan fingerprint density at radius 3 is 2.44 bits per heavy atom. The number of aryl methyl sites for hydroxylation is 2. The first kappa shape index (κ1) is 40.8. The van der Waals surface area contributed by atoms with Gasteiger partial charge in [-0.15, -0.1) is 0 Å². The summed E-state index contributed by atoms with van der Waals surface area (Å²) in [5, 5.41) is 35.5. The third-order valence-electron chi connectivity index (χ3n) is 11.3. The SMILES string of the molecule is F.F.O=C(O)N(c1cc(CCCCn2c(=O)oc3cc(CNC[C@H](O)c4ccc(O)c5[nH]c(=O)ccc45)ccc32)ccc1-c1ccccc1)C1CN2CCC1CC2. The smallest absolute Gasteiger partial charge is 0.419 e. The minimum Gasteiger partial charge on any atom is -0.506 e. The summed E-state index contributed by atoms with van der Waals surface area (Å²) < 4.78 is 7.28. The third-order valence-corrected chi connectivity index (χ3v) is 11.3. The predicted octanol–water partition coefficient (Wildman–Crippen LogP) is 6.54. The third kappa shape index (κ3) is 8.48. The van der Waals surface area contributed by atoms with E-state index in [1.807, 2.05) is 48.5 Å². The summed E-state index contributed by atoms with van der Waals surface area (Å²) in [5.41, 5.74) is 6.28. The molecule has 2 atom stereocenters. The molecule has 4 aromatic carbocycles. The van der Waals surface area contributed by atoms with Gasteiger partial charge < -0.3 is 34.9 Å². The highest BCUT2D eigenvalue weighted by Crippen LogP contribution is 2.39. The molecule has 5 heterocycles. The number of aromatic nitrogens is 2. The highest BCUT2D eigenvalue weighted by molar-refractivity contribution is 5.94.